The summed E-state index contributed by atoms with van der Waals surface area (Å²) in [4.78, 5) is 37.5. The molecule has 0 unspecified atom stereocenters. The van der Waals surface area contributed by atoms with E-state index in [-0.39, 0.29) is 23.3 Å². The highest BCUT2D eigenvalue weighted by Crippen LogP contribution is 2.20. The van der Waals surface area contributed by atoms with Crippen LogP contribution in [0.25, 0.3) is 0 Å². The van der Waals surface area contributed by atoms with Crippen molar-refractivity contribution in [1.82, 2.24) is 10.2 Å². The maximum atomic E-state index is 13.8. The number of piperidine rings is 1. The van der Waals surface area contributed by atoms with Crippen molar-refractivity contribution < 1.29 is 23.5 Å². The van der Waals surface area contributed by atoms with Crippen molar-refractivity contribution in [3.63, 3.8) is 0 Å². The second-order valence-corrected chi connectivity index (χ2v) is 7.05. The van der Waals surface area contributed by atoms with Gasteiger partial charge in [-0.15, -0.1) is 0 Å². The first-order valence-electron chi connectivity index (χ1n) is 9.54. The third kappa shape index (κ3) is 5.40. The maximum absolute atomic E-state index is 13.8. The minimum absolute atomic E-state index is 0.0897. The normalized spacial score (nSPS) is 14.3. The Bertz CT molecular complexity index is 907. The molecule has 0 bridgehead atoms. The number of likely N-dealkylation sites (tertiary alicyclic amines) is 1. The van der Waals surface area contributed by atoms with Crippen LogP contribution >= 0.6 is 0 Å². The van der Waals surface area contributed by atoms with Gasteiger partial charge >= 0.3 is 5.97 Å². The summed E-state index contributed by atoms with van der Waals surface area (Å²) >= 11 is 0. The van der Waals surface area contributed by atoms with Gasteiger partial charge in [0, 0.05) is 32.1 Å². The van der Waals surface area contributed by atoms with E-state index < -0.39 is 11.8 Å². The molecule has 2 aromatic carbocycles. The molecule has 2 amide bonds. The van der Waals surface area contributed by atoms with Gasteiger partial charge in [-0.1, -0.05) is 18.2 Å². The van der Waals surface area contributed by atoms with E-state index in [1.165, 1.54) is 25.1 Å². The molecule has 0 aromatic heterocycles. The molecular formula is C22H23FN2O4. The van der Waals surface area contributed by atoms with E-state index in [4.69, 9.17) is 4.74 Å². The second-order valence-electron chi connectivity index (χ2n) is 7.05. The Morgan fingerprint density at radius 2 is 1.83 bits per heavy atom. The van der Waals surface area contributed by atoms with Crippen LogP contribution in [-0.2, 0) is 4.79 Å². The number of hydrogen-bond donors (Lipinski definition) is 1. The molecule has 0 radical (unpaired) electrons. The molecule has 7 heteroatoms. The minimum Gasteiger partial charge on any atom is -0.427 e. The van der Waals surface area contributed by atoms with E-state index in [1.54, 1.807) is 35.2 Å². The zero-order chi connectivity index (χ0) is 20.8. The number of carbonyl (C=O) groups excluding carboxylic acids is 3. The molecule has 152 valence electrons. The predicted octanol–water partition coefficient (Wildman–Crippen LogP) is 3.03. The lowest BCUT2D eigenvalue weighted by Crippen LogP contribution is -2.41. The first-order chi connectivity index (χ1) is 13.9. The standard InChI is InChI=1S/C22H23FN2O4/c1-15(26)29-18-6-4-5-17(13-18)21(27)24-14-16-9-11-25(12-10-16)22(28)19-7-2-3-8-20(19)23/h2-8,13,16H,9-12,14H2,1H3,(H,24,27). The number of benzene rings is 2. The Balaban J connectivity index is 1.49. The zero-order valence-corrected chi connectivity index (χ0v) is 16.2. The number of nitrogens with zero attached hydrogens (tertiary/aromatic N) is 1. The molecule has 1 saturated heterocycles. The first kappa shape index (κ1) is 20.5. The second kappa shape index (κ2) is 9.32. The van der Waals surface area contributed by atoms with Crippen molar-refractivity contribution in [2.45, 2.75) is 19.8 Å². The Morgan fingerprint density at radius 1 is 1.10 bits per heavy atom. The highest BCUT2D eigenvalue weighted by Gasteiger charge is 2.25. The maximum Gasteiger partial charge on any atom is 0.308 e. The minimum atomic E-state index is -0.511. The molecule has 1 N–H and O–H groups in total. The van der Waals surface area contributed by atoms with Gasteiger partial charge < -0.3 is 15.0 Å². The fourth-order valence-corrected chi connectivity index (χ4v) is 3.35. The largest absolute Gasteiger partial charge is 0.427 e. The molecule has 3 rings (SSSR count). The van der Waals surface area contributed by atoms with Crippen molar-refractivity contribution in [1.29, 1.82) is 0 Å². The number of amides is 2. The van der Waals surface area contributed by atoms with Crippen LogP contribution < -0.4 is 10.1 Å². The van der Waals surface area contributed by atoms with E-state index in [9.17, 15) is 18.8 Å². The summed E-state index contributed by atoms with van der Waals surface area (Å²) < 4.78 is 18.8. The van der Waals surface area contributed by atoms with E-state index in [0.29, 0.717) is 30.9 Å². The first-order valence-corrected chi connectivity index (χ1v) is 9.54. The molecule has 2 aromatic rings. The molecule has 1 aliphatic heterocycles. The fraction of sp³-hybridized carbons (Fsp3) is 0.318. The number of esters is 1. The molecule has 29 heavy (non-hydrogen) atoms. The van der Waals surface area contributed by atoms with Crippen LogP contribution in [0.3, 0.4) is 0 Å². The molecule has 1 heterocycles. The molecular weight excluding hydrogens is 375 g/mol. The Hall–Kier alpha value is -3.22. The Labute approximate surface area is 168 Å². The van der Waals surface area contributed by atoms with Crippen LogP contribution in [0.1, 0.15) is 40.5 Å². The van der Waals surface area contributed by atoms with Gasteiger partial charge in [0.2, 0.25) is 0 Å². The van der Waals surface area contributed by atoms with Gasteiger partial charge in [0.05, 0.1) is 5.56 Å². The van der Waals surface area contributed by atoms with Crippen LogP contribution in [0.5, 0.6) is 5.75 Å². The van der Waals surface area contributed by atoms with Gasteiger partial charge in [-0.05, 0) is 49.1 Å². The third-order valence-corrected chi connectivity index (χ3v) is 4.92. The summed E-state index contributed by atoms with van der Waals surface area (Å²) in [5, 5.41) is 2.89. The Morgan fingerprint density at radius 3 is 2.52 bits per heavy atom. The Kier molecular flexibility index (Phi) is 6.59. The monoisotopic (exact) mass is 398 g/mol. The highest BCUT2D eigenvalue weighted by molar-refractivity contribution is 5.95. The fourth-order valence-electron chi connectivity index (χ4n) is 3.35. The summed E-state index contributed by atoms with van der Waals surface area (Å²) in [6.45, 7) is 2.83. The van der Waals surface area contributed by atoms with Gasteiger partial charge in [0.25, 0.3) is 11.8 Å². The van der Waals surface area contributed by atoms with Crippen LogP contribution in [0.4, 0.5) is 4.39 Å². The predicted molar refractivity (Wildman–Crippen MR) is 105 cm³/mol. The topological polar surface area (TPSA) is 75.7 Å². The van der Waals surface area contributed by atoms with Crippen molar-refractivity contribution in [2.75, 3.05) is 19.6 Å². The summed E-state index contributed by atoms with van der Waals surface area (Å²) in [7, 11) is 0. The van der Waals surface area contributed by atoms with E-state index in [2.05, 4.69) is 5.32 Å². The third-order valence-electron chi connectivity index (χ3n) is 4.92. The zero-order valence-electron chi connectivity index (χ0n) is 16.2. The van der Waals surface area contributed by atoms with Gasteiger partial charge in [-0.25, -0.2) is 4.39 Å². The number of halogens is 1. The number of hydrogen-bond acceptors (Lipinski definition) is 4. The number of rotatable bonds is 5. The van der Waals surface area contributed by atoms with Crippen LogP contribution in [0.2, 0.25) is 0 Å². The average molecular weight is 398 g/mol. The van der Waals surface area contributed by atoms with E-state index in [0.717, 1.165) is 12.8 Å². The lowest BCUT2D eigenvalue weighted by atomic mass is 9.96. The summed E-state index contributed by atoms with van der Waals surface area (Å²) in [6, 6.07) is 12.4. The van der Waals surface area contributed by atoms with Crippen LogP contribution in [0.15, 0.2) is 48.5 Å². The van der Waals surface area contributed by atoms with Gasteiger partial charge in [-0.3, -0.25) is 14.4 Å². The summed E-state index contributed by atoms with van der Waals surface area (Å²) in [5.41, 5.74) is 0.503. The van der Waals surface area contributed by atoms with E-state index >= 15 is 0 Å². The summed E-state index contributed by atoms with van der Waals surface area (Å²) in [6.07, 6.45) is 1.46. The quantitative estimate of drug-likeness (QED) is 0.621. The summed E-state index contributed by atoms with van der Waals surface area (Å²) in [5.74, 6) is -0.941. The lowest BCUT2D eigenvalue weighted by molar-refractivity contribution is -0.131. The smallest absolute Gasteiger partial charge is 0.308 e. The number of nitrogens with one attached hydrogen (secondary N) is 1. The van der Waals surface area contributed by atoms with Gasteiger partial charge in [0.1, 0.15) is 11.6 Å². The number of carbonyl (C=O) groups is 3. The van der Waals surface area contributed by atoms with Crippen LogP contribution in [-0.4, -0.2) is 42.3 Å². The molecule has 1 fully saturated rings. The highest BCUT2D eigenvalue weighted by atomic mass is 19.1. The SMILES string of the molecule is CC(=O)Oc1cccc(C(=O)NCC2CCN(C(=O)c3ccccc3F)CC2)c1. The van der Waals surface area contributed by atoms with Crippen molar-refractivity contribution in [3.05, 3.63) is 65.5 Å². The van der Waals surface area contributed by atoms with Gasteiger partial charge in [-0.2, -0.15) is 0 Å². The molecule has 6 nitrogen and oxygen atoms in total. The molecule has 0 aliphatic carbocycles. The molecule has 0 atom stereocenters. The van der Waals surface area contributed by atoms with Crippen molar-refractivity contribution in [3.8, 4) is 5.75 Å². The van der Waals surface area contributed by atoms with E-state index in [1.807, 2.05) is 0 Å². The molecule has 0 spiro atoms. The van der Waals surface area contributed by atoms with Crippen LogP contribution in [0, 0.1) is 11.7 Å². The van der Waals surface area contributed by atoms with Crippen molar-refractivity contribution >= 4 is 17.8 Å². The van der Waals surface area contributed by atoms with Gasteiger partial charge in [0.15, 0.2) is 0 Å². The van der Waals surface area contributed by atoms with Crippen molar-refractivity contribution in [2.24, 2.45) is 5.92 Å². The average Bonchev–Trinajstić information content (AvgIpc) is 2.72. The molecule has 0 saturated carbocycles. The number of ether oxygens (including phenoxy) is 1. The lowest BCUT2D eigenvalue weighted by Gasteiger charge is -2.32. The molecule has 1 aliphatic rings.